The zero-order chi connectivity index (χ0) is 21.7. The molecule has 2 aromatic carbocycles. The van der Waals surface area contributed by atoms with E-state index in [9.17, 15) is 4.39 Å². The Bertz CT molecular complexity index is 1610. The lowest BCUT2D eigenvalue weighted by molar-refractivity contribution is 0.631. The number of H-pyrrole nitrogens is 2. The Morgan fingerprint density at radius 3 is 2.69 bits per heavy atom. The van der Waals surface area contributed by atoms with Crippen LogP contribution in [0.1, 0.15) is 5.56 Å². The van der Waals surface area contributed by atoms with Crippen LogP contribution < -0.4 is 0 Å². The molecule has 0 amide bonds. The molecule has 0 aliphatic carbocycles. The third-order valence-corrected chi connectivity index (χ3v) is 5.55. The third kappa shape index (κ3) is 2.94. The first-order valence-electron chi connectivity index (χ1n) is 10.2. The SMILES string of the molecule is Cc1cncc(-c2ccc3[nH]nc(-c4nc5nccc(-c6ccccc6F)c5[nH]4)c3c2)c1. The van der Waals surface area contributed by atoms with Gasteiger partial charge >= 0.3 is 0 Å². The van der Waals surface area contributed by atoms with Crippen LogP contribution in [0.15, 0.2) is 73.2 Å². The van der Waals surface area contributed by atoms with Gasteiger partial charge in [-0.25, -0.2) is 14.4 Å². The minimum atomic E-state index is -0.294. The average Bonchev–Trinajstić information content (AvgIpc) is 3.43. The maximum atomic E-state index is 14.4. The lowest BCUT2D eigenvalue weighted by Gasteiger charge is -2.04. The van der Waals surface area contributed by atoms with Crippen molar-refractivity contribution in [3.8, 4) is 33.8 Å². The molecular formula is C25H17FN6. The topological polar surface area (TPSA) is 83.1 Å². The number of halogens is 1. The number of aromatic amines is 2. The molecule has 6 aromatic rings. The van der Waals surface area contributed by atoms with E-state index in [4.69, 9.17) is 0 Å². The first-order chi connectivity index (χ1) is 15.7. The maximum absolute atomic E-state index is 14.4. The Labute approximate surface area is 182 Å². The van der Waals surface area contributed by atoms with E-state index in [2.05, 4.69) is 42.3 Å². The van der Waals surface area contributed by atoms with E-state index in [0.717, 1.165) is 27.6 Å². The molecule has 0 aliphatic heterocycles. The molecule has 0 bridgehead atoms. The Hall–Kier alpha value is -4.39. The molecule has 0 radical (unpaired) electrons. The van der Waals surface area contributed by atoms with E-state index < -0.39 is 0 Å². The minimum Gasteiger partial charge on any atom is -0.335 e. The lowest BCUT2D eigenvalue weighted by Crippen LogP contribution is -1.87. The van der Waals surface area contributed by atoms with Gasteiger partial charge in [0, 0.05) is 40.7 Å². The number of rotatable bonds is 3. The molecule has 2 N–H and O–H groups in total. The third-order valence-electron chi connectivity index (χ3n) is 5.55. The summed E-state index contributed by atoms with van der Waals surface area (Å²) >= 11 is 0. The molecule has 0 atom stereocenters. The maximum Gasteiger partial charge on any atom is 0.178 e. The molecule has 32 heavy (non-hydrogen) atoms. The summed E-state index contributed by atoms with van der Waals surface area (Å²) in [6.45, 7) is 2.02. The van der Waals surface area contributed by atoms with Crippen molar-refractivity contribution >= 4 is 22.1 Å². The number of pyridine rings is 2. The van der Waals surface area contributed by atoms with Crippen molar-refractivity contribution in [2.45, 2.75) is 6.92 Å². The Kier molecular flexibility index (Phi) is 4.07. The van der Waals surface area contributed by atoms with Gasteiger partial charge in [0.2, 0.25) is 0 Å². The monoisotopic (exact) mass is 420 g/mol. The number of aromatic nitrogens is 6. The average molecular weight is 420 g/mol. The van der Waals surface area contributed by atoms with Crippen LogP contribution >= 0.6 is 0 Å². The van der Waals surface area contributed by atoms with Gasteiger partial charge in [0.25, 0.3) is 0 Å². The van der Waals surface area contributed by atoms with Gasteiger partial charge in [0.15, 0.2) is 11.5 Å². The number of benzene rings is 2. The summed E-state index contributed by atoms with van der Waals surface area (Å²) in [5.74, 6) is 0.278. The van der Waals surface area contributed by atoms with Crippen molar-refractivity contribution < 1.29 is 4.39 Å². The van der Waals surface area contributed by atoms with Crippen molar-refractivity contribution in [3.05, 3.63) is 84.6 Å². The number of hydrogen-bond donors (Lipinski definition) is 2. The predicted molar refractivity (Wildman–Crippen MR) is 122 cm³/mol. The first kappa shape index (κ1) is 18.4. The molecule has 6 rings (SSSR count). The number of nitrogens with zero attached hydrogens (tertiary/aromatic N) is 4. The fourth-order valence-corrected chi connectivity index (χ4v) is 4.01. The zero-order valence-electron chi connectivity index (χ0n) is 17.1. The van der Waals surface area contributed by atoms with Crippen molar-refractivity contribution in [1.82, 2.24) is 30.1 Å². The highest BCUT2D eigenvalue weighted by molar-refractivity contribution is 5.97. The lowest BCUT2D eigenvalue weighted by atomic mass is 10.0. The van der Waals surface area contributed by atoms with Crippen LogP contribution in [0.5, 0.6) is 0 Å². The van der Waals surface area contributed by atoms with Crippen molar-refractivity contribution in [2.24, 2.45) is 0 Å². The Morgan fingerprint density at radius 1 is 0.906 bits per heavy atom. The molecule has 154 valence electrons. The second-order valence-corrected chi connectivity index (χ2v) is 7.71. The highest BCUT2D eigenvalue weighted by Gasteiger charge is 2.17. The van der Waals surface area contributed by atoms with Gasteiger partial charge < -0.3 is 4.98 Å². The van der Waals surface area contributed by atoms with Crippen LogP contribution in [0.25, 0.3) is 55.8 Å². The van der Waals surface area contributed by atoms with Crippen LogP contribution in [0, 0.1) is 12.7 Å². The smallest absolute Gasteiger partial charge is 0.178 e. The van der Waals surface area contributed by atoms with E-state index in [1.165, 1.54) is 6.07 Å². The Morgan fingerprint density at radius 2 is 1.81 bits per heavy atom. The summed E-state index contributed by atoms with van der Waals surface area (Å²) in [6, 6.07) is 16.7. The number of imidazole rings is 1. The number of aryl methyl sites for hydroxylation is 1. The van der Waals surface area contributed by atoms with Crippen molar-refractivity contribution in [2.75, 3.05) is 0 Å². The van der Waals surface area contributed by atoms with Gasteiger partial charge in [0.05, 0.1) is 11.0 Å². The van der Waals surface area contributed by atoms with E-state index in [1.54, 1.807) is 24.4 Å². The molecule has 0 aliphatic rings. The van der Waals surface area contributed by atoms with Gasteiger partial charge in [0.1, 0.15) is 11.5 Å². The normalized spacial score (nSPS) is 11.4. The summed E-state index contributed by atoms with van der Waals surface area (Å²) < 4.78 is 14.4. The van der Waals surface area contributed by atoms with Gasteiger partial charge in [-0.05, 0) is 48.4 Å². The zero-order valence-corrected chi connectivity index (χ0v) is 17.1. The van der Waals surface area contributed by atoms with Gasteiger partial charge in [-0.1, -0.05) is 24.3 Å². The van der Waals surface area contributed by atoms with E-state index >= 15 is 0 Å². The fraction of sp³-hybridized carbons (Fsp3) is 0.0400. The number of nitrogens with one attached hydrogen (secondary N) is 2. The number of fused-ring (bicyclic) bond motifs is 2. The molecular weight excluding hydrogens is 403 g/mol. The fourth-order valence-electron chi connectivity index (χ4n) is 4.01. The minimum absolute atomic E-state index is 0.294. The van der Waals surface area contributed by atoms with E-state index in [-0.39, 0.29) is 5.82 Å². The van der Waals surface area contributed by atoms with E-state index in [1.807, 2.05) is 37.5 Å². The number of hydrogen-bond acceptors (Lipinski definition) is 4. The second-order valence-electron chi connectivity index (χ2n) is 7.71. The predicted octanol–water partition coefficient (Wildman–Crippen LogP) is 5.68. The molecule has 4 aromatic heterocycles. The standard InChI is InChI=1S/C25H17FN6/c1-14-10-16(13-27-12-14)15-6-7-21-19(11-15)23(32-31-21)25-29-22-18(8-9-28-24(22)30-25)17-4-2-3-5-20(17)26/h2-13H,1H3,(H,31,32)(H,28,29,30). The highest BCUT2D eigenvalue weighted by atomic mass is 19.1. The quantitative estimate of drug-likeness (QED) is 0.386. The molecule has 7 heteroatoms. The van der Waals surface area contributed by atoms with Crippen LogP contribution in [-0.4, -0.2) is 30.1 Å². The van der Waals surface area contributed by atoms with Gasteiger partial charge in [-0.2, -0.15) is 5.10 Å². The van der Waals surface area contributed by atoms with Crippen LogP contribution in [0.2, 0.25) is 0 Å². The Balaban J connectivity index is 1.52. The second kappa shape index (κ2) is 7.09. The van der Waals surface area contributed by atoms with Crippen molar-refractivity contribution in [3.63, 3.8) is 0 Å². The molecule has 0 spiro atoms. The first-order valence-corrected chi connectivity index (χ1v) is 10.2. The highest BCUT2D eigenvalue weighted by Crippen LogP contribution is 2.33. The van der Waals surface area contributed by atoms with E-state index in [0.29, 0.717) is 33.8 Å². The summed E-state index contributed by atoms with van der Waals surface area (Å²) in [7, 11) is 0. The van der Waals surface area contributed by atoms with Crippen LogP contribution in [-0.2, 0) is 0 Å². The largest absolute Gasteiger partial charge is 0.335 e. The van der Waals surface area contributed by atoms with Gasteiger partial charge in [-0.3, -0.25) is 10.1 Å². The van der Waals surface area contributed by atoms with Gasteiger partial charge in [-0.15, -0.1) is 0 Å². The molecule has 0 fully saturated rings. The molecule has 0 saturated heterocycles. The van der Waals surface area contributed by atoms with Crippen LogP contribution in [0.3, 0.4) is 0 Å². The molecule has 4 heterocycles. The summed E-state index contributed by atoms with van der Waals surface area (Å²) in [4.78, 5) is 16.6. The summed E-state index contributed by atoms with van der Waals surface area (Å²) in [5, 5.41) is 8.49. The van der Waals surface area contributed by atoms with Crippen molar-refractivity contribution in [1.29, 1.82) is 0 Å². The molecule has 0 saturated carbocycles. The molecule has 6 nitrogen and oxygen atoms in total. The van der Waals surface area contributed by atoms with Crippen LogP contribution in [0.4, 0.5) is 4.39 Å². The summed E-state index contributed by atoms with van der Waals surface area (Å²) in [5.41, 5.74) is 7.13. The molecule has 0 unspecified atom stereocenters. The summed E-state index contributed by atoms with van der Waals surface area (Å²) in [6.07, 6.45) is 5.32.